The average molecular weight is 196 g/mol. The number of likely N-dealkylation sites (N-methyl/N-ethyl adjacent to an activating group) is 1. The minimum atomic E-state index is 0.630. The Hall–Kier alpha value is -0.770. The van der Waals surface area contributed by atoms with Gasteiger partial charge in [0.15, 0.2) is 5.96 Å². The third-order valence-electron chi connectivity index (χ3n) is 3.27. The first-order valence-electron chi connectivity index (χ1n) is 5.57. The second kappa shape index (κ2) is 4.17. The molecule has 14 heavy (non-hydrogen) atoms. The van der Waals surface area contributed by atoms with Gasteiger partial charge in [-0.1, -0.05) is 12.8 Å². The van der Waals surface area contributed by atoms with Gasteiger partial charge in [-0.15, -0.1) is 0 Å². The molecule has 4 nitrogen and oxygen atoms in total. The second-order valence-corrected chi connectivity index (χ2v) is 4.21. The number of fused-ring (bicyclic) bond motifs is 1. The van der Waals surface area contributed by atoms with Crippen LogP contribution in [0.15, 0.2) is 4.99 Å². The molecular weight excluding hydrogens is 176 g/mol. The fourth-order valence-corrected chi connectivity index (χ4v) is 2.50. The molecular formula is C10H20N4. The Morgan fingerprint density at radius 3 is 3.00 bits per heavy atom. The normalized spacial score (nSPS) is 34.4. The SMILES string of the molecule is CN1C(=NCCN)NC2CCCCC21. The van der Waals surface area contributed by atoms with Gasteiger partial charge >= 0.3 is 0 Å². The van der Waals surface area contributed by atoms with Crippen LogP contribution in [-0.2, 0) is 0 Å². The Bertz CT molecular complexity index is 226. The van der Waals surface area contributed by atoms with Crippen molar-refractivity contribution in [2.24, 2.45) is 10.7 Å². The number of nitrogens with zero attached hydrogens (tertiary/aromatic N) is 2. The third kappa shape index (κ3) is 1.71. The van der Waals surface area contributed by atoms with Crippen LogP contribution in [0.1, 0.15) is 25.7 Å². The maximum absolute atomic E-state index is 5.45. The molecule has 2 fully saturated rings. The van der Waals surface area contributed by atoms with E-state index in [4.69, 9.17) is 5.73 Å². The Morgan fingerprint density at radius 2 is 2.29 bits per heavy atom. The van der Waals surface area contributed by atoms with Crippen LogP contribution in [0.2, 0.25) is 0 Å². The van der Waals surface area contributed by atoms with E-state index in [0.29, 0.717) is 18.6 Å². The summed E-state index contributed by atoms with van der Waals surface area (Å²) in [6.07, 6.45) is 5.30. The molecule has 0 spiro atoms. The van der Waals surface area contributed by atoms with Crippen molar-refractivity contribution >= 4 is 5.96 Å². The summed E-state index contributed by atoms with van der Waals surface area (Å²) >= 11 is 0. The third-order valence-corrected chi connectivity index (χ3v) is 3.27. The summed E-state index contributed by atoms with van der Waals surface area (Å²) in [4.78, 5) is 6.74. The van der Waals surface area contributed by atoms with E-state index in [1.165, 1.54) is 25.7 Å². The van der Waals surface area contributed by atoms with E-state index in [1.807, 2.05) is 0 Å². The topological polar surface area (TPSA) is 53.6 Å². The van der Waals surface area contributed by atoms with Gasteiger partial charge in [0, 0.05) is 19.6 Å². The first-order valence-corrected chi connectivity index (χ1v) is 5.57. The summed E-state index contributed by atoms with van der Waals surface area (Å²) in [5, 5.41) is 3.50. The number of guanidine groups is 1. The van der Waals surface area contributed by atoms with Crippen molar-refractivity contribution in [1.29, 1.82) is 0 Å². The Labute approximate surface area is 85.6 Å². The molecule has 80 valence electrons. The first-order chi connectivity index (χ1) is 6.83. The largest absolute Gasteiger partial charge is 0.351 e. The number of nitrogens with one attached hydrogen (secondary N) is 1. The minimum Gasteiger partial charge on any atom is -0.351 e. The highest BCUT2D eigenvalue weighted by atomic mass is 15.4. The van der Waals surface area contributed by atoms with E-state index in [-0.39, 0.29) is 0 Å². The van der Waals surface area contributed by atoms with Crippen LogP contribution < -0.4 is 11.1 Å². The highest BCUT2D eigenvalue weighted by molar-refractivity contribution is 5.82. The molecule has 0 amide bonds. The molecule has 0 radical (unpaired) electrons. The highest BCUT2D eigenvalue weighted by Gasteiger charge is 2.36. The number of aliphatic imine (C=N–C) groups is 1. The summed E-state index contributed by atoms with van der Waals surface area (Å²) in [6.45, 7) is 1.36. The van der Waals surface area contributed by atoms with E-state index >= 15 is 0 Å². The fourth-order valence-electron chi connectivity index (χ4n) is 2.50. The maximum Gasteiger partial charge on any atom is 0.194 e. The van der Waals surface area contributed by atoms with Gasteiger partial charge in [-0.25, -0.2) is 0 Å². The summed E-state index contributed by atoms with van der Waals surface area (Å²) in [7, 11) is 2.14. The smallest absolute Gasteiger partial charge is 0.194 e. The summed E-state index contributed by atoms with van der Waals surface area (Å²) in [5.41, 5.74) is 5.45. The Morgan fingerprint density at radius 1 is 1.50 bits per heavy atom. The monoisotopic (exact) mass is 196 g/mol. The lowest BCUT2D eigenvalue weighted by molar-refractivity contribution is 0.278. The van der Waals surface area contributed by atoms with Crippen LogP contribution in [0.25, 0.3) is 0 Å². The predicted molar refractivity (Wildman–Crippen MR) is 58.3 cm³/mol. The molecule has 0 bridgehead atoms. The molecule has 2 unspecified atom stereocenters. The zero-order valence-corrected chi connectivity index (χ0v) is 8.87. The highest BCUT2D eigenvalue weighted by Crippen LogP contribution is 2.26. The molecule has 1 aliphatic heterocycles. The van der Waals surface area contributed by atoms with Crippen LogP contribution >= 0.6 is 0 Å². The van der Waals surface area contributed by atoms with Gasteiger partial charge in [-0.2, -0.15) is 0 Å². The van der Waals surface area contributed by atoms with Gasteiger partial charge in [0.1, 0.15) is 0 Å². The van der Waals surface area contributed by atoms with E-state index in [2.05, 4.69) is 22.3 Å². The van der Waals surface area contributed by atoms with Crippen molar-refractivity contribution in [3.63, 3.8) is 0 Å². The Balaban J connectivity index is 2.02. The van der Waals surface area contributed by atoms with Crippen molar-refractivity contribution < 1.29 is 0 Å². The van der Waals surface area contributed by atoms with Crippen molar-refractivity contribution in [3.05, 3.63) is 0 Å². The minimum absolute atomic E-state index is 0.630. The Kier molecular flexibility index (Phi) is 2.91. The molecule has 1 saturated heterocycles. The van der Waals surface area contributed by atoms with Gasteiger partial charge in [-0.05, 0) is 12.8 Å². The van der Waals surface area contributed by atoms with Gasteiger partial charge in [0.25, 0.3) is 0 Å². The molecule has 1 heterocycles. The van der Waals surface area contributed by atoms with E-state index < -0.39 is 0 Å². The van der Waals surface area contributed by atoms with Gasteiger partial charge in [0.05, 0.1) is 12.6 Å². The van der Waals surface area contributed by atoms with E-state index in [9.17, 15) is 0 Å². The fraction of sp³-hybridized carbons (Fsp3) is 0.900. The molecule has 0 aromatic rings. The van der Waals surface area contributed by atoms with Crippen LogP contribution in [0.4, 0.5) is 0 Å². The quantitative estimate of drug-likeness (QED) is 0.661. The van der Waals surface area contributed by atoms with Gasteiger partial charge < -0.3 is 16.0 Å². The van der Waals surface area contributed by atoms with Crippen molar-refractivity contribution in [2.75, 3.05) is 20.1 Å². The maximum atomic E-state index is 5.45. The lowest BCUT2D eigenvalue weighted by Gasteiger charge is -2.27. The second-order valence-electron chi connectivity index (χ2n) is 4.21. The van der Waals surface area contributed by atoms with Gasteiger partial charge in [-0.3, -0.25) is 4.99 Å². The standard InChI is InChI=1S/C10H20N4/c1-14-9-5-3-2-4-8(9)13-10(14)12-7-6-11/h8-9H,2-7,11H2,1H3,(H,12,13). The average Bonchev–Trinajstić information content (AvgIpc) is 2.54. The van der Waals surface area contributed by atoms with Crippen LogP contribution in [0.5, 0.6) is 0 Å². The molecule has 2 rings (SSSR count). The molecule has 2 aliphatic rings. The molecule has 0 aromatic carbocycles. The van der Waals surface area contributed by atoms with Crippen LogP contribution in [0, 0.1) is 0 Å². The van der Waals surface area contributed by atoms with E-state index in [0.717, 1.165) is 12.5 Å². The zero-order valence-electron chi connectivity index (χ0n) is 8.87. The van der Waals surface area contributed by atoms with Crippen molar-refractivity contribution in [2.45, 2.75) is 37.8 Å². The van der Waals surface area contributed by atoms with Crippen molar-refractivity contribution in [3.8, 4) is 0 Å². The molecule has 0 aromatic heterocycles. The zero-order chi connectivity index (χ0) is 9.97. The van der Waals surface area contributed by atoms with Crippen LogP contribution in [0.3, 0.4) is 0 Å². The first kappa shape index (κ1) is 9.77. The summed E-state index contributed by atoms with van der Waals surface area (Å²) in [6, 6.07) is 1.30. The lowest BCUT2D eigenvalue weighted by Crippen LogP contribution is -2.37. The molecule has 3 N–H and O–H groups in total. The van der Waals surface area contributed by atoms with Crippen molar-refractivity contribution in [1.82, 2.24) is 10.2 Å². The molecule has 4 heteroatoms. The number of nitrogens with two attached hydrogens (primary N) is 1. The number of rotatable bonds is 2. The lowest BCUT2D eigenvalue weighted by atomic mass is 9.91. The van der Waals surface area contributed by atoms with Gasteiger partial charge in [0.2, 0.25) is 0 Å². The summed E-state index contributed by atoms with van der Waals surface area (Å²) < 4.78 is 0. The molecule has 1 saturated carbocycles. The molecule has 1 aliphatic carbocycles. The van der Waals surface area contributed by atoms with E-state index in [1.54, 1.807) is 0 Å². The number of hydrogen-bond donors (Lipinski definition) is 2. The van der Waals surface area contributed by atoms with Crippen LogP contribution in [-0.4, -0.2) is 43.1 Å². The predicted octanol–water partition coefficient (Wildman–Crippen LogP) is 0.147. The molecule has 2 atom stereocenters. The number of hydrogen-bond acceptors (Lipinski definition) is 2. The summed E-state index contributed by atoms with van der Waals surface area (Å²) in [5.74, 6) is 1.05.